The van der Waals surface area contributed by atoms with Crippen molar-refractivity contribution in [3.8, 4) is 6.07 Å². The molecule has 10 nitrogen and oxygen atoms in total. The van der Waals surface area contributed by atoms with Gasteiger partial charge in [0.1, 0.15) is 6.04 Å². The van der Waals surface area contributed by atoms with Crippen LogP contribution < -0.4 is 5.84 Å². The van der Waals surface area contributed by atoms with Crippen molar-refractivity contribution in [3.63, 3.8) is 0 Å². The number of aliphatic carboxylic acids is 1. The van der Waals surface area contributed by atoms with E-state index in [4.69, 9.17) is 21.0 Å². The molecule has 1 aromatic heterocycles. The molecule has 34 heavy (non-hydrogen) atoms. The number of carboxylic acid groups (broad SMARTS) is 1. The van der Waals surface area contributed by atoms with Gasteiger partial charge in [-0.25, -0.2) is 9.80 Å². The van der Waals surface area contributed by atoms with E-state index in [1.54, 1.807) is 34.1 Å². The van der Waals surface area contributed by atoms with Crippen LogP contribution in [0.2, 0.25) is 0 Å². The summed E-state index contributed by atoms with van der Waals surface area (Å²) in [7, 11) is 0. The van der Waals surface area contributed by atoms with E-state index in [9.17, 15) is 22.8 Å². The molecule has 3 N–H and O–H groups in total. The van der Waals surface area contributed by atoms with Crippen LogP contribution in [0.1, 0.15) is 18.4 Å². The minimum Gasteiger partial charge on any atom is -0.475 e. The van der Waals surface area contributed by atoms with Gasteiger partial charge in [-0.05, 0) is 24.5 Å². The normalized spacial score (nSPS) is 18.8. The molecule has 3 heterocycles. The van der Waals surface area contributed by atoms with Gasteiger partial charge in [-0.3, -0.25) is 20.4 Å². The van der Waals surface area contributed by atoms with Gasteiger partial charge in [0.15, 0.2) is 0 Å². The molecule has 2 amide bonds. The van der Waals surface area contributed by atoms with E-state index in [1.807, 2.05) is 17.0 Å². The maximum atomic E-state index is 12.4. The summed E-state index contributed by atoms with van der Waals surface area (Å²) in [5.41, 5.74) is 0.909. The average Bonchev–Trinajstić information content (AvgIpc) is 3.29. The number of rotatable bonds is 5. The van der Waals surface area contributed by atoms with Gasteiger partial charge >= 0.3 is 12.1 Å². The average molecular weight is 503 g/mol. The first kappa shape index (κ1) is 27.4. The van der Waals surface area contributed by atoms with E-state index >= 15 is 0 Å². The fraction of sp³-hybridized carbons (Fsp3) is 0.550. The van der Waals surface area contributed by atoms with E-state index in [-0.39, 0.29) is 30.4 Å². The van der Waals surface area contributed by atoms with Crippen LogP contribution in [0.3, 0.4) is 0 Å². The topological polar surface area (TPSA) is 144 Å². The lowest BCUT2D eigenvalue weighted by molar-refractivity contribution is -0.192. The number of hydrazine groups is 1. The highest BCUT2D eigenvalue weighted by Gasteiger charge is 2.38. The number of carbonyl (C=O) groups is 3. The van der Waals surface area contributed by atoms with Gasteiger partial charge in [-0.1, -0.05) is 6.07 Å². The van der Waals surface area contributed by atoms with Crippen molar-refractivity contribution in [2.75, 3.05) is 31.3 Å². The lowest BCUT2D eigenvalue weighted by atomic mass is 10.0. The number of likely N-dealkylation sites (tertiary alicyclic amines) is 1. The summed E-state index contributed by atoms with van der Waals surface area (Å²) in [5.74, 6) is 4.56. The zero-order valence-electron chi connectivity index (χ0n) is 18.1. The molecule has 14 heteroatoms. The van der Waals surface area contributed by atoms with Gasteiger partial charge in [0.05, 0.1) is 24.9 Å². The molecule has 0 spiro atoms. The number of hydrogen-bond acceptors (Lipinski definition) is 8. The molecule has 0 aliphatic carbocycles. The smallest absolute Gasteiger partial charge is 0.475 e. The number of nitriles is 1. The first-order valence-electron chi connectivity index (χ1n) is 10.3. The van der Waals surface area contributed by atoms with E-state index in [0.717, 1.165) is 18.4 Å². The van der Waals surface area contributed by atoms with Crippen LogP contribution in [0.25, 0.3) is 0 Å². The predicted octanol–water partition coefficient (Wildman–Crippen LogP) is 0.849. The van der Waals surface area contributed by atoms with Crippen molar-refractivity contribution in [2.45, 2.75) is 37.5 Å². The Labute approximate surface area is 198 Å². The molecule has 0 aromatic carbocycles. The second kappa shape index (κ2) is 12.5. The van der Waals surface area contributed by atoms with Crippen molar-refractivity contribution in [2.24, 2.45) is 5.84 Å². The number of aromatic nitrogens is 1. The van der Waals surface area contributed by atoms with Crippen molar-refractivity contribution >= 4 is 29.5 Å². The molecule has 2 fully saturated rings. The maximum absolute atomic E-state index is 12.4. The van der Waals surface area contributed by atoms with Gasteiger partial charge in [-0.2, -0.15) is 18.4 Å². The number of halogens is 3. The minimum absolute atomic E-state index is 0.0622. The number of amides is 2. The molecule has 0 saturated carbocycles. The second-order valence-electron chi connectivity index (χ2n) is 7.63. The zero-order valence-corrected chi connectivity index (χ0v) is 19.0. The molecule has 1 atom stereocenters. The molecule has 0 radical (unpaired) electrons. The fourth-order valence-electron chi connectivity index (χ4n) is 3.41. The van der Waals surface area contributed by atoms with E-state index in [2.05, 4.69) is 11.1 Å². The van der Waals surface area contributed by atoms with Crippen LogP contribution in [0.5, 0.6) is 0 Å². The van der Waals surface area contributed by atoms with E-state index in [1.165, 1.54) is 0 Å². The van der Waals surface area contributed by atoms with Crippen molar-refractivity contribution < 1.29 is 32.7 Å². The number of piperidine rings is 1. The quantitative estimate of drug-likeness (QED) is 0.442. The first-order chi connectivity index (χ1) is 16.0. The molecule has 2 aliphatic rings. The minimum atomic E-state index is -5.08. The maximum Gasteiger partial charge on any atom is 0.490 e. The molecule has 2 aliphatic heterocycles. The molecular formula is C20H25F3N6O4S. The highest BCUT2D eigenvalue weighted by atomic mass is 32.2. The molecule has 0 bridgehead atoms. The third-order valence-corrected chi connectivity index (χ3v) is 6.29. The standard InChI is InChI=1S/C18H24N6O2S.C2HF3O2/c19-9-16-12-27-13-23(16)18(26)11-24(20)15-3-6-22(7-4-15)17(25)8-14-2-1-5-21-10-14;3-2(4,5)1(6)7/h1-2,5,10,15-16H,3-4,6-8,11-13,20H2;(H,6,7)/t16-;/m1./s1. The van der Waals surface area contributed by atoms with Gasteiger partial charge in [0.25, 0.3) is 0 Å². The predicted molar refractivity (Wildman–Crippen MR) is 116 cm³/mol. The van der Waals surface area contributed by atoms with Gasteiger partial charge < -0.3 is 14.9 Å². The highest BCUT2D eigenvalue weighted by molar-refractivity contribution is 7.99. The van der Waals surface area contributed by atoms with Gasteiger partial charge in [0, 0.05) is 37.3 Å². The number of nitrogens with zero attached hydrogens (tertiary/aromatic N) is 5. The van der Waals surface area contributed by atoms with Crippen LogP contribution >= 0.6 is 11.8 Å². The lowest BCUT2D eigenvalue weighted by Crippen LogP contribution is -2.53. The summed E-state index contributed by atoms with van der Waals surface area (Å²) in [6.45, 7) is 1.37. The lowest BCUT2D eigenvalue weighted by Gasteiger charge is -2.36. The largest absolute Gasteiger partial charge is 0.490 e. The van der Waals surface area contributed by atoms with Crippen molar-refractivity contribution in [3.05, 3.63) is 30.1 Å². The first-order valence-corrected chi connectivity index (χ1v) is 11.4. The van der Waals surface area contributed by atoms with Crippen LogP contribution in [0, 0.1) is 11.3 Å². The number of hydrogen-bond donors (Lipinski definition) is 2. The van der Waals surface area contributed by atoms with Crippen LogP contribution in [0.15, 0.2) is 24.5 Å². The summed E-state index contributed by atoms with van der Waals surface area (Å²) >= 11 is 1.58. The molecule has 3 rings (SSSR count). The number of nitrogens with two attached hydrogens (primary N) is 1. The number of carboxylic acids is 1. The summed E-state index contributed by atoms with van der Waals surface area (Å²) < 4.78 is 31.7. The van der Waals surface area contributed by atoms with Crippen LogP contribution in [-0.4, -0.2) is 92.2 Å². The van der Waals surface area contributed by atoms with Gasteiger partial charge in [0.2, 0.25) is 11.8 Å². The van der Waals surface area contributed by atoms with Crippen LogP contribution in [0.4, 0.5) is 13.2 Å². The summed E-state index contributed by atoms with van der Waals surface area (Å²) in [4.78, 5) is 41.2. The van der Waals surface area contributed by atoms with Gasteiger partial charge in [-0.15, -0.1) is 11.8 Å². The zero-order chi connectivity index (χ0) is 25.3. The number of pyridine rings is 1. The number of carbonyl (C=O) groups excluding carboxylic acids is 2. The Morgan fingerprint density at radius 1 is 1.29 bits per heavy atom. The Bertz CT molecular complexity index is 891. The molecule has 0 unspecified atom stereocenters. The Kier molecular flexibility index (Phi) is 10.1. The summed E-state index contributed by atoms with van der Waals surface area (Å²) in [5, 5.41) is 17.8. The molecule has 186 valence electrons. The summed E-state index contributed by atoms with van der Waals surface area (Å²) in [6, 6.07) is 5.59. The van der Waals surface area contributed by atoms with E-state index in [0.29, 0.717) is 31.1 Å². The Hall–Kier alpha value is -2.89. The van der Waals surface area contributed by atoms with Crippen molar-refractivity contribution in [1.82, 2.24) is 19.8 Å². The van der Waals surface area contributed by atoms with Crippen LogP contribution in [-0.2, 0) is 20.8 Å². The number of thioether (sulfide) groups is 1. The second-order valence-corrected chi connectivity index (χ2v) is 8.63. The summed E-state index contributed by atoms with van der Waals surface area (Å²) in [6.07, 6.45) is 0.142. The SMILES string of the molecule is N#C[C@@H]1CSCN1C(=O)CN(N)C1CCN(C(=O)Cc2cccnc2)CC1.O=C(O)C(F)(F)F. The Morgan fingerprint density at radius 3 is 2.47 bits per heavy atom. The Balaban J connectivity index is 0.000000509. The van der Waals surface area contributed by atoms with Crippen molar-refractivity contribution in [1.29, 1.82) is 5.26 Å². The highest BCUT2D eigenvalue weighted by Crippen LogP contribution is 2.21. The molecule has 2 saturated heterocycles. The third kappa shape index (κ3) is 8.15. The fourth-order valence-corrected chi connectivity index (χ4v) is 4.51. The monoisotopic (exact) mass is 502 g/mol. The van der Waals surface area contributed by atoms with E-state index < -0.39 is 12.1 Å². The molecule has 1 aromatic rings. The third-order valence-electron chi connectivity index (χ3n) is 5.28. The number of alkyl halides is 3. The Morgan fingerprint density at radius 2 is 1.94 bits per heavy atom. The molecular weight excluding hydrogens is 477 g/mol.